The van der Waals surface area contributed by atoms with E-state index in [4.69, 9.17) is 4.98 Å². The highest BCUT2D eigenvalue weighted by Crippen LogP contribution is 2.36. The summed E-state index contributed by atoms with van der Waals surface area (Å²) in [6.07, 6.45) is 14.2. The Morgan fingerprint density at radius 1 is 0.914 bits per heavy atom. The van der Waals surface area contributed by atoms with Crippen molar-refractivity contribution in [1.29, 1.82) is 0 Å². The topological polar surface area (TPSA) is 87.9 Å². The molecule has 0 aromatic carbocycles. The smallest absolute Gasteiger partial charge is 0.230 e. The highest BCUT2D eigenvalue weighted by atomic mass is 15.3. The van der Waals surface area contributed by atoms with Gasteiger partial charge in [-0.1, -0.05) is 19.3 Å². The molecule has 1 aliphatic carbocycles. The van der Waals surface area contributed by atoms with Gasteiger partial charge < -0.3 is 19.7 Å². The molecular weight excluding hydrogens is 438 g/mol. The van der Waals surface area contributed by atoms with Crippen LogP contribution in [0.2, 0.25) is 0 Å². The molecule has 1 saturated carbocycles. The number of hydrogen-bond acceptors (Lipinski definition) is 8. The molecule has 0 unspecified atom stereocenters. The van der Waals surface area contributed by atoms with Crippen molar-refractivity contribution in [1.82, 2.24) is 34.6 Å². The molecule has 0 spiro atoms. The summed E-state index contributed by atoms with van der Waals surface area (Å²) in [5.74, 6) is 2.12. The van der Waals surface area contributed by atoms with Gasteiger partial charge in [-0.2, -0.15) is 4.98 Å². The molecule has 6 rings (SSSR count). The fourth-order valence-corrected chi connectivity index (χ4v) is 5.72. The molecule has 1 N–H and O–H groups in total. The van der Waals surface area contributed by atoms with Gasteiger partial charge in [0.05, 0.1) is 11.7 Å². The van der Waals surface area contributed by atoms with Crippen LogP contribution in [0.1, 0.15) is 51.0 Å². The summed E-state index contributed by atoms with van der Waals surface area (Å²) in [6.45, 7) is 2.01. The van der Waals surface area contributed by atoms with E-state index in [1.165, 1.54) is 32.1 Å². The summed E-state index contributed by atoms with van der Waals surface area (Å²) in [7, 11) is 4.32. The molecule has 35 heavy (non-hydrogen) atoms. The zero-order valence-corrected chi connectivity index (χ0v) is 20.6. The summed E-state index contributed by atoms with van der Waals surface area (Å²) in [4.78, 5) is 18.6. The van der Waals surface area contributed by atoms with Crippen LogP contribution >= 0.6 is 0 Å². The van der Waals surface area contributed by atoms with Gasteiger partial charge >= 0.3 is 0 Å². The van der Waals surface area contributed by atoms with Gasteiger partial charge in [0.15, 0.2) is 11.6 Å². The van der Waals surface area contributed by atoms with E-state index in [2.05, 4.69) is 60.0 Å². The highest BCUT2D eigenvalue weighted by molar-refractivity contribution is 6.06. The number of rotatable bonds is 5. The van der Waals surface area contributed by atoms with E-state index in [9.17, 15) is 0 Å². The Bertz CT molecular complexity index is 1300. The van der Waals surface area contributed by atoms with E-state index in [1.807, 2.05) is 30.7 Å². The minimum absolute atomic E-state index is 0.450. The number of aromatic nitrogens is 6. The number of pyridine rings is 1. The normalized spacial score (nSPS) is 18.1. The maximum absolute atomic E-state index is 4.95. The van der Waals surface area contributed by atoms with E-state index in [0.29, 0.717) is 23.8 Å². The zero-order valence-electron chi connectivity index (χ0n) is 20.6. The average Bonchev–Trinajstić information content (AvgIpc) is 3.23. The van der Waals surface area contributed by atoms with Crippen molar-refractivity contribution < 1.29 is 0 Å². The summed E-state index contributed by atoms with van der Waals surface area (Å²) in [6, 6.07) is 7.17. The summed E-state index contributed by atoms with van der Waals surface area (Å²) >= 11 is 0. The molecule has 9 nitrogen and oxygen atoms in total. The van der Waals surface area contributed by atoms with E-state index >= 15 is 0 Å². The van der Waals surface area contributed by atoms with Crippen LogP contribution in [0.3, 0.4) is 0 Å². The third kappa shape index (κ3) is 4.29. The predicted octanol–water partition coefficient (Wildman–Crippen LogP) is 4.55. The third-order valence-corrected chi connectivity index (χ3v) is 7.70. The first-order valence-electron chi connectivity index (χ1n) is 12.8. The van der Waals surface area contributed by atoms with Gasteiger partial charge in [0, 0.05) is 48.3 Å². The molecule has 9 heteroatoms. The van der Waals surface area contributed by atoms with Gasteiger partial charge in [-0.25, -0.2) is 4.98 Å². The maximum Gasteiger partial charge on any atom is 0.230 e. The molecule has 1 aliphatic heterocycles. The molecule has 4 aromatic rings. The van der Waals surface area contributed by atoms with Crippen molar-refractivity contribution in [2.45, 2.75) is 57.0 Å². The largest absolute Gasteiger partial charge is 0.355 e. The van der Waals surface area contributed by atoms with Crippen molar-refractivity contribution in [2.24, 2.45) is 0 Å². The highest BCUT2D eigenvalue weighted by Gasteiger charge is 2.23. The molecule has 0 bridgehead atoms. The van der Waals surface area contributed by atoms with Crippen molar-refractivity contribution in [3.63, 3.8) is 0 Å². The number of nitrogens with zero attached hydrogens (tertiary/aromatic N) is 8. The van der Waals surface area contributed by atoms with E-state index in [1.54, 1.807) is 0 Å². The molecule has 0 radical (unpaired) electrons. The van der Waals surface area contributed by atoms with Gasteiger partial charge in [-0.05, 0) is 58.0 Å². The number of anilines is 3. The molecule has 0 amide bonds. The monoisotopic (exact) mass is 471 g/mol. The Morgan fingerprint density at radius 2 is 1.74 bits per heavy atom. The Kier molecular flexibility index (Phi) is 5.93. The predicted molar refractivity (Wildman–Crippen MR) is 139 cm³/mol. The minimum atomic E-state index is 0.450. The fourth-order valence-electron chi connectivity index (χ4n) is 5.72. The summed E-state index contributed by atoms with van der Waals surface area (Å²) < 4.78 is 2.38. The maximum atomic E-state index is 4.95. The third-order valence-electron chi connectivity index (χ3n) is 7.70. The van der Waals surface area contributed by atoms with Gasteiger partial charge in [-0.3, -0.25) is 4.98 Å². The van der Waals surface area contributed by atoms with E-state index < -0.39 is 0 Å². The van der Waals surface area contributed by atoms with Crippen molar-refractivity contribution in [2.75, 3.05) is 37.4 Å². The van der Waals surface area contributed by atoms with Crippen LogP contribution < -0.4 is 10.2 Å². The van der Waals surface area contributed by atoms with Crippen LogP contribution in [-0.4, -0.2) is 67.8 Å². The molecule has 2 fully saturated rings. The Hall–Kier alpha value is -3.33. The molecule has 1 saturated heterocycles. The van der Waals surface area contributed by atoms with Crippen LogP contribution in [0.5, 0.6) is 0 Å². The molecule has 0 atom stereocenters. The van der Waals surface area contributed by atoms with Crippen LogP contribution in [0.25, 0.3) is 21.9 Å². The number of piperidine rings is 1. The van der Waals surface area contributed by atoms with Gasteiger partial charge in [-0.15, -0.1) is 10.2 Å². The molecule has 5 heterocycles. The molecule has 4 aromatic heterocycles. The lowest BCUT2D eigenvalue weighted by atomic mass is 9.95. The van der Waals surface area contributed by atoms with Crippen molar-refractivity contribution in [3.05, 3.63) is 36.8 Å². The second-order valence-electron chi connectivity index (χ2n) is 10.1. The van der Waals surface area contributed by atoms with Gasteiger partial charge in [0.25, 0.3) is 0 Å². The minimum Gasteiger partial charge on any atom is -0.355 e. The average molecular weight is 472 g/mol. The summed E-state index contributed by atoms with van der Waals surface area (Å²) in [5, 5.41) is 14.4. The second kappa shape index (κ2) is 9.37. The van der Waals surface area contributed by atoms with Gasteiger partial charge in [0.2, 0.25) is 5.95 Å². The Labute approximate surface area is 205 Å². The fraction of sp³-hybridized carbons (Fsp3) is 0.500. The standard InChI is InChI=1S/C26H33N9/c1-33(2)18-11-14-34(15-12-18)24-9-8-23(31-32-24)29-26-28-16-21-20-10-13-27-17-22(20)35(25(21)30-26)19-6-4-3-5-7-19/h8-10,13,16-19H,3-7,11-12,14-15H2,1-2H3,(H,28,29,30,31). The Balaban J connectivity index is 1.25. The summed E-state index contributed by atoms with van der Waals surface area (Å²) in [5.41, 5.74) is 2.11. The van der Waals surface area contributed by atoms with E-state index in [-0.39, 0.29) is 0 Å². The number of fused-ring (bicyclic) bond motifs is 3. The lowest BCUT2D eigenvalue weighted by molar-refractivity contribution is 0.249. The Morgan fingerprint density at radius 3 is 2.49 bits per heavy atom. The second-order valence-corrected chi connectivity index (χ2v) is 10.1. The lowest BCUT2D eigenvalue weighted by Gasteiger charge is -2.35. The van der Waals surface area contributed by atoms with Crippen molar-refractivity contribution in [3.8, 4) is 0 Å². The zero-order chi connectivity index (χ0) is 23.8. The number of nitrogens with one attached hydrogen (secondary N) is 1. The SMILES string of the molecule is CN(C)C1CCN(c2ccc(Nc3ncc4c5ccncc5n(C5CCCCC5)c4n3)nn2)CC1. The van der Waals surface area contributed by atoms with Crippen LogP contribution in [0.4, 0.5) is 17.6 Å². The van der Waals surface area contributed by atoms with Gasteiger partial charge in [0.1, 0.15) is 5.65 Å². The molecule has 2 aliphatic rings. The van der Waals surface area contributed by atoms with Crippen molar-refractivity contribution >= 4 is 39.5 Å². The van der Waals surface area contributed by atoms with Crippen LogP contribution in [0.15, 0.2) is 36.8 Å². The first-order valence-corrected chi connectivity index (χ1v) is 12.8. The van der Waals surface area contributed by atoms with Crippen LogP contribution in [0, 0.1) is 0 Å². The first kappa shape index (κ1) is 22.2. The first-order chi connectivity index (χ1) is 17.2. The van der Waals surface area contributed by atoms with E-state index in [0.717, 1.165) is 53.7 Å². The quantitative estimate of drug-likeness (QED) is 0.454. The number of hydrogen-bond donors (Lipinski definition) is 1. The lowest BCUT2D eigenvalue weighted by Crippen LogP contribution is -2.42. The molecule has 182 valence electrons. The van der Waals surface area contributed by atoms with Crippen LogP contribution in [-0.2, 0) is 0 Å². The molecular formula is C26H33N9.